The Kier molecular flexibility index (Phi) is 8.04. The number of carbonyl (C=O) groups excluding carboxylic acids is 1. The molecule has 0 spiro atoms. The van der Waals surface area contributed by atoms with Crippen molar-refractivity contribution >= 4 is 18.4 Å². The van der Waals surface area contributed by atoms with Crippen LogP contribution in [-0.2, 0) is 11.1 Å². The zero-order valence-corrected chi connectivity index (χ0v) is 20.1. The number of likely N-dealkylation sites (N-methyl/N-ethyl adjacent to an activating group) is 1. The molecular weight excluding hydrogens is 407 g/mol. The molecular formula is C24H35N4O2P. The quantitative estimate of drug-likeness (QED) is 0.637. The number of carbonyl (C=O) groups is 1. The summed E-state index contributed by atoms with van der Waals surface area (Å²) in [5, 5.41) is 3.95. The number of nitrogens with one attached hydrogen (secondary N) is 1. The van der Waals surface area contributed by atoms with E-state index in [1.54, 1.807) is 30.4 Å². The minimum atomic E-state index is -2.40. The van der Waals surface area contributed by atoms with Crippen LogP contribution in [0.15, 0.2) is 42.6 Å². The molecule has 3 rings (SSSR count). The maximum atomic E-state index is 12.9. The van der Waals surface area contributed by atoms with Crippen LogP contribution in [0.2, 0.25) is 0 Å². The van der Waals surface area contributed by atoms with Gasteiger partial charge in [0.15, 0.2) is 0 Å². The lowest BCUT2D eigenvalue weighted by Gasteiger charge is -2.31. The second-order valence-corrected chi connectivity index (χ2v) is 12.1. The summed E-state index contributed by atoms with van der Waals surface area (Å²) in [6.07, 6.45) is 4.10. The second kappa shape index (κ2) is 10.5. The average Bonchev–Trinajstić information content (AvgIpc) is 2.77. The van der Waals surface area contributed by atoms with Crippen molar-refractivity contribution in [1.29, 1.82) is 0 Å². The van der Waals surface area contributed by atoms with Gasteiger partial charge < -0.3 is 19.7 Å². The zero-order chi connectivity index (χ0) is 22.4. The highest BCUT2D eigenvalue weighted by Gasteiger charge is 2.22. The Balaban J connectivity index is 1.63. The van der Waals surface area contributed by atoms with E-state index in [9.17, 15) is 9.36 Å². The van der Waals surface area contributed by atoms with E-state index >= 15 is 0 Å². The highest BCUT2D eigenvalue weighted by atomic mass is 31.2. The van der Waals surface area contributed by atoms with Gasteiger partial charge in [-0.25, -0.2) is 0 Å². The summed E-state index contributed by atoms with van der Waals surface area (Å²) in [6.45, 7) is 8.30. The van der Waals surface area contributed by atoms with Gasteiger partial charge in [0.2, 0.25) is 0 Å². The normalized spacial score (nSPS) is 15.7. The molecule has 1 amide bonds. The predicted octanol–water partition coefficient (Wildman–Crippen LogP) is 3.00. The molecule has 2 aromatic rings. The van der Waals surface area contributed by atoms with Crippen molar-refractivity contribution in [3.63, 3.8) is 0 Å². The Bertz CT molecular complexity index is 935. The Morgan fingerprint density at radius 2 is 1.97 bits per heavy atom. The van der Waals surface area contributed by atoms with Crippen LogP contribution in [0.3, 0.4) is 0 Å². The van der Waals surface area contributed by atoms with Crippen molar-refractivity contribution in [2.75, 3.05) is 53.6 Å². The van der Waals surface area contributed by atoms with E-state index in [2.05, 4.69) is 21.3 Å². The standard InChI is InChI=1S/C24H35N4O2P/c1-25-12-15-28-13-9-20(10-14-28)23-16-19(8-11-26-23)18-27(2)24(29)21-6-5-7-22(17-21)31(3,4)30/h5-8,11,16-17,20,25H,9-10,12-15,18H2,1-4H3. The van der Waals surface area contributed by atoms with Gasteiger partial charge in [-0.05, 0) is 76.1 Å². The number of rotatable bonds is 8. The Morgan fingerprint density at radius 1 is 1.23 bits per heavy atom. The topological polar surface area (TPSA) is 65.5 Å². The highest BCUT2D eigenvalue weighted by molar-refractivity contribution is 7.70. The lowest BCUT2D eigenvalue weighted by atomic mass is 9.92. The first-order valence-electron chi connectivity index (χ1n) is 11.0. The first-order valence-corrected chi connectivity index (χ1v) is 13.6. The van der Waals surface area contributed by atoms with Crippen molar-refractivity contribution in [3.8, 4) is 0 Å². The monoisotopic (exact) mass is 442 g/mol. The van der Waals surface area contributed by atoms with Crippen molar-refractivity contribution < 1.29 is 9.36 Å². The summed E-state index contributed by atoms with van der Waals surface area (Å²) >= 11 is 0. The molecule has 7 heteroatoms. The molecule has 1 N–H and O–H groups in total. The van der Waals surface area contributed by atoms with Crippen LogP contribution in [0.25, 0.3) is 0 Å². The van der Waals surface area contributed by atoms with Gasteiger partial charge in [0.1, 0.15) is 7.14 Å². The molecule has 1 aromatic heterocycles. The summed E-state index contributed by atoms with van der Waals surface area (Å²) < 4.78 is 12.4. The third kappa shape index (κ3) is 6.49. The fourth-order valence-corrected chi connectivity index (χ4v) is 4.97. The van der Waals surface area contributed by atoms with E-state index in [0.29, 0.717) is 18.0 Å². The van der Waals surface area contributed by atoms with Crippen LogP contribution in [0.4, 0.5) is 0 Å². The Labute approximate surface area is 186 Å². The number of benzene rings is 1. The molecule has 1 aliphatic rings. The molecule has 0 saturated carbocycles. The van der Waals surface area contributed by atoms with Crippen molar-refractivity contribution in [2.45, 2.75) is 25.3 Å². The minimum Gasteiger partial charge on any atom is -0.337 e. The molecule has 1 aliphatic heterocycles. The smallest absolute Gasteiger partial charge is 0.253 e. The molecule has 0 aliphatic carbocycles. The van der Waals surface area contributed by atoms with Crippen LogP contribution in [0, 0.1) is 0 Å². The fourth-order valence-electron chi connectivity index (χ4n) is 4.08. The minimum absolute atomic E-state index is 0.0634. The van der Waals surface area contributed by atoms with Gasteiger partial charge in [-0.2, -0.15) is 0 Å². The van der Waals surface area contributed by atoms with E-state index in [1.807, 2.05) is 38.5 Å². The Morgan fingerprint density at radius 3 is 2.65 bits per heavy atom. The fraction of sp³-hybridized carbons (Fsp3) is 0.500. The molecule has 2 heterocycles. The van der Waals surface area contributed by atoms with Crippen LogP contribution in [0.1, 0.15) is 40.4 Å². The third-order valence-corrected chi connectivity index (χ3v) is 7.53. The van der Waals surface area contributed by atoms with Crippen LogP contribution in [0.5, 0.6) is 0 Å². The molecule has 1 fully saturated rings. The molecule has 31 heavy (non-hydrogen) atoms. The van der Waals surface area contributed by atoms with Gasteiger partial charge in [0.05, 0.1) is 0 Å². The van der Waals surface area contributed by atoms with E-state index in [-0.39, 0.29) is 5.91 Å². The summed E-state index contributed by atoms with van der Waals surface area (Å²) in [5.41, 5.74) is 2.80. The van der Waals surface area contributed by atoms with Crippen molar-refractivity contribution in [2.24, 2.45) is 0 Å². The molecule has 0 atom stereocenters. The largest absolute Gasteiger partial charge is 0.337 e. The highest BCUT2D eigenvalue weighted by Crippen LogP contribution is 2.34. The zero-order valence-electron chi connectivity index (χ0n) is 19.2. The van der Waals surface area contributed by atoms with Gasteiger partial charge in [0, 0.05) is 55.4 Å². The van der Waals surface area contributed by atoms with Crippen molar-refractivity contribution in [3.05, 3.63) is 59.4 Å². The van der Waals surface area contributed by atoms with Gasteiger partial charge in [-0.1, -0.05) is 12.1 Å². The second-order valence-electron chi connectivity index (χ2n) is 8.87. The number of hydrogen-bond donors (Lipinski definition) is 1. The molecule has 1 aromatic carbocycles. The summed E-state index contributed by atoms with van der Waals surface area (Å²) in [4.78, 5) is 21.8. The summed E-state index contributed by atoms with van der Waals surface area (Å²) in [5.74, 6) is 0.415. The van der Waals surface area contributed by atoms with E-state index in [1.165, 1.54) is 0 Å². The third-order valence-electron chi connectivity index (χ3n) is 6.01. The number of pyridine rings is 1. The molecule has 6 nitrogen and oxygen atoms in total. The lowest BCUT2D eigenvalue weighted by molar-refractivity contribution is 0.0785. The number of amides is 1. The number of aromatic nitrogens is 1. The first-order chi connectivity index (χ1) is 14.8. The number of likely N-dealkylation sites (tertiary alicyclic amines) is 1. The maximum Gasteiger partial charge on any atom is 0.253 e. The predicted molar refractivity (Wildman–Crippen MR) is 128 cm³/mol. The van der Waals surface area contributed by atoms with Gasteiger partial charge >= 0.3 is 0 Å². The molecule has 0 bridgehead atoms. The van der Waals surface area contributed by atoms with Gasteiger partial charge in [0.25, 0.3) is 5.91 Å². The Hall–Kier alpha value is -2.01. The van der Waals surface area contributed by atoms with Crippen molar-refractivity contribution in [1.82, 2.24) is 20.1 Å². The summed E-state index contributed by atoms with van der Waals surface area (Å²) in [6, 6.07) is 11.3. The molecule has 1 saturated heterocycles. The van der Waals surface area contributed by atoms with E-state index in [4.69, 9.17) is 0 Å². The first kappa shape index (κ1) is 23.6. The lowest BCUT2D eigenvalue weighted by Crippen LogP contribution is -2.37. The molecule has 0 radical (unpaired) electrons. The van der Waals surface area contributed by atoms with Crippen LogP contribution < -0.4 is 10.6 Å². The van der Waals surface area contributed by atoms with Crippen LogP contribution in [-0.4, -0.2) is 74.3 Å². The number of piperidine rings is 1. The molecule has 168 valence electrons. The van der Waals surface area contributed by atoms with Gasteiger partial charge in [-0.15, -0.1) is 0 Å². The van der Waals surface area contributed by atoms with E-state index < -0.39 is 7.14 Å². The average molecular weight is 443 g/mol. The number of nitrogens with zero attached hydrogens (tertiary/aromatic N) is 3. The van der Waals surface area contributed by atoms with Gasteiger partial charge in [-0.3, -0.25) is 9.78 Å². The molecule has 0 unspecified atom stereocenters. The van der Waals surface area contributed by atoms with E-state index in [0.717, 1.165) is 55.6 Å². The summed E-state index contributed by atoms with van der Waals surface area (Å²) in [7, 11) is 1.40. The SMILES string of the molecule is CNCCN1CCC(c2cc(CN(C)C(=O)c3cccc(P(C)(C)=O)c3)ccn2)CC1. The number of hydrogen-bond acceptors (Lipinski definition) is 5. The maximum absolute atomic E-state index is 12.9. The van der Waals surface area contributed by atoms with Crippen LogP contribution >= 0.6 is 7.14 Å².